The predicted octanol–water partition coefficient (Wildman–Crippen LogP) is 4.48. The van der Waals surface area contributed by atoms with Crippen LogP contribution in [-0.4, -0.2) is 31.8 Å². The van der Waals surface area contributed by atoms with Crippen molar-refractivity contribution < 1.29 is 13.2 Å². The number of amides is 1. The molecule has 1 aliphatic carbocycles. The number of fused-ring (bicyclic) bond motifs is 2. The van der Waals surface area contributed by atoms with Gasteiger partial charge in [-0.05, 0) is 68.0 Å². The molecule has 5 heteroatoms. The van der Waals surface area contributed by atoms with E-state index in [1.807, 2.05) is 4.90 Å². The Morgan fingerprint density at radius 1 is 1.07 bits per heavy atom. The molecule has 146 valence electrons. The smallest absolute Gasteiger partial charge is 0.254 e. The quantitative estimate of drug-likeness (QED) is 0.720. The minimum Gasteiger partial charge on any atom is -0.335 e. The number of allylic oxidation sites excluding steroid dienone is 1. The van der Waals surface area contributed by atoms with Crippen molar-refractivity contribution >= 4 is 15.7 Å². The van der Waals surface area contributed by atoms with E-state index in [4.69, 9.17) is 0 Å². The first kappa shape index (κ1) is 18.9. The Labute approximate surface area is 166 Å². The third-order valence-corrected chi connectivity index (χ3v) is 7.79. The number of benzene rings is 2. The number of carbonyl (C=O) groups excluding carboxylic acids is 1. The molecule has 0 aromatic heterocycles. The highest BCUT2D eigenvalue weighted by Gasteiger charge is 2.46. The van der Waals surface area contributed by atoms with Gasteiger partial charge in [-0.3, -0.25) is 4.79 Å². The highest BCUT2D eigenvalue weighted by molar-refractivity contribution is 7.91. The van der Waals surface area contributed by atoms with E-state index in [9.17, 15) is 13.2 Å². The molecule has 4 rings (SSSR count). The normalized spacial score (nSPS) is 25.9. The van der Waals surface area contributed by atoms with Crippen molar-refractivity contribution in [3.05, 3.63) is 71.8 Å². The monoisotopic (exact) mass is 395 g/mol. The summed E-state index contributed by atoms with van der Waals surface area (Å²) in [5.41, 5.74) is 2.13. The van der Waals surface area contributed by atoms with Crippen molar-refractivity contribution in [2.75, 3.05) is 6.54 Å². The van der Waals surface area contributed by atoms with E-state index in [-0.39, 0.29) is 27.2 Å². The molecule has 0 radical (unpaired) electrons. The number of hydrogen-bond acceptors (Lipinski definition) is 3. The molecule has 2 aliphatic rings. The molecule has 2 fully saturated rings. The molecule has 2 unspecified atom stereocenters. The maximum Gasteiger partial charge on any atom is 0.254 e. The summed E-state index contributed by atoms with van der Waals surface area (Å²) in [5.74, 6) is -0.00487. The summed E-state index contributed by atoms with van der Waals surface area (Å²) in [6, 6.07) is 15.0. The van der Waals surface area contributed by atoms with Crippen LogP contribution in [0.15, 0.2) is 76.0 Å². The Kier molecular flexibility index (Phi) is 4.66. The minimum absolute atomic E-state index is 0.00487. The van der Waals surface area contributed by atoms with Gasteiger partial charge in [0.1, 0.15) is 0 Å². The fourth-order valence-electron chi connectivity index (χ4n) is 4.65. The number of rotatable bonds is 3. The van der Waals surface area contributed by atoms with Gasteiger partial charge in [0.25, 0.3) is 5.91 Å². The van der Waals surface area contributed by atoms with E-state index < -0.39 is 9.84 Å². The van der Waals surface area contributed by atoms with Crippen LogP contribution in [0.3, 0.4) is 0 Å². The SMILES string of the molecule is C/C=C1/CC2CC(C)(C1)CN2C(=O)c1ccc(S(=O)(=O)c2ccccc2)cc1. The van der Waals surface area contributed by atoms with Crippen LogP contribution in [0.5, 0.6) is 0 Å². The van der Waals surface area contributed by atoms with Gasteiger partial charge in [-0.15, -0.1) is 0 Å². The average molecular weight is 396 g/mol. The van der Waals surface area contributed by atoms with E-state index in [1.54, 1.807) is 42.5 Å². The second kappa shape index (κ2) is 6.89. The van der Waals surface area contributed by atoms with Gasteiger partial charge < -0.3 is 4.90 Å². The number of hydrogen-bond donors (Lipinski definition) is 0. The molecule has 1 saturated heterocycles. The first-order chi connectivity index (χ1) is 13.3. The standard InChI is InChI=1S/C23H25NO3S/c1-3-17-13-19-15-23(2,14-17)16-24(19)22(25)18-9-11-21(12-10-18)28(26,27)20-7-5-4-6-8-20/h3-12,19H,13-16H2,1-2H3/b17-3-. The Bertz CT molecular complexity index is 1030. The highest BCUT2D eigenvalue weighted by Crippen LogP contribution is 2.47. The molecule has 1 heterocycles. The summed E-state index contributed by atoms with van der Waals surface area (Å²) >= 11 is 0. The maximum absolute atomic E-state index is 13.1. The molecule has 2 atom stereocenters. The third-order valence-electron chi connectivity index (χ3n) is 6.01. The van der Waals surface area contributed by atoms with Gasteiger partial charge in [0.15, 0.2) is 0 Å². The largest absolute Gasteiger partial charge is 0.335 e. The van der Waals surface area contributed by atoms with Crippen LogP contribution >= 0.6 is 0 Å². The van der Waals surface area contributed by atoms with E-state index >= 15 is 0 Å². The summed E-state index contributed by atoms with van der Waals surface area (Å²) in [6.45, 7) is 5.09. The lowest BCUT2D eigenvalue weighted by Crippen LogP contribution is -2.35. The summed E-state index contributed by atoms with van der Waals surface area (Å²) in [7, 11) is -3.57. The second-order valence-electron chi connectivity index (χ2n) is 8.27. The van der Waals surface area contributed by atoms with Crippen molar-refractivity contribution in [2.45, 2.75) is 48.9 Å². The molecule has 0 N–H and O–H groups in total. The Hall–Kier alpha value is -2.40. The molecular weight excluding hydrogens is 370 g/mol. The van der Waals surface area contributed by atoms with Crippen LogP contribution in [0.4, 0.5) is 0 Å². The van der Waals surface area contributed by atoms with Crippen molar-refractivity contribution in [1.29, 1.82) is 0 Å². The lowest BCUT2D eigenvalue weighted by molar-refractivity contribution is 0.0732. The van der Waals surface area contributed by atoms with Gasteiger partial charge in [0, 0.05) is 18.2 Å². The van der Waals surface area contributed by atoms with Crippen molar-refractivity contribution in [3.8, 4) is 0 Å². The highest BCUT2D eigenvalue weighted by atomic mass is 32.2. The molecule has 4 nitrogen and oxygen atoms in total. The maximum atomic E-state index is 13.1. The van der Waals surface area contributed by atoms with E-state index in [1.165, 1.54) is 17.7 Å². The zero-order valence-corrected chi connectivity index (χ0v) is 17.1. The molecule has 0 spiro atoms. The minimum atomic E-state index is -3.57. The zero-order valence-electron chi connectivity index (χ0n) is 16.3. The Balaban J connectivity index is 1.57. The van der Waals surface area contributed by atoms with Crippen molar-refractivity contribution in [1.82, 2.24) is 4.90 Å². The van der Waals surface area contributed by atoms with Gasteiger partial charge in [-0.2, -0.15) is 0 Å². The zero-order chi connectivity index (χ0) is 19.9. The van der Waals surface area contributed by atoms with Crippen LogP contribution < -0.4 is 0 Å². The van der Waals surface area contributed by atoms with Gasteiger partial charge in [0.2, 0.25) is 9.84 Å². The molecule has 2 bridgehead atoms. The van der Waals surface area contributed by atoms with Crippen molar-refractivity contribution in [3.63, 3.8) is 0 Å². The van der Waals surface area contributed by atoms with Gasteiger partial charge in [-0.1, -0.05) is 36.8 Å². The second-order valence-corrected chi connectivity index (χ2v) is 10.2. The number of sulfone groups is 1. The fraction of sp³-hybridized carbons (Fsp3) is 0.348. The topological polar surface area (TPSA) is 54.5 Å². The number of carbonyl (C=O) groups is 1. The van der Waals surface area contributed by atoms with Crippen LogP contribution in [0, 0.1) is 5.41 Å². The van der Waals surface area contributed by atoms with E-state index in [0.29, 0.717) is 5.56 Å². The van der Waals surface area contributed by atoms with E-state index in [2.05, 4.69) is 19.9 Å². The van der Waals surface area contributed by atoms with Crippen LogP contribution in [0.2, 0.25) is 0 Å². The van der Waals surface area contributed by atoms with Gasteiger partial charge in [-0.25, -0.2) is 8.42 Å². The Morgan fingerprint density at radius 3 is 2.36 bits per heavy atom. The van der Waals surface area contributed by atoms with Gasteiger partial charge >= 0.3 is 0 Å². The van der Waals surface area contributed by atoms with Gasteiger partial charge in [0.05, 0.1) is 9.79 Å². The van der Waals surface area contributed by atoms with E-state index in [0.717, 1.165) is 25.8 Å². The molecule has 28 heavy (non-hydrogen) atoms. The Morgan fingerprint density at radius 2 is 1.71 bits per heavy atom. The first-order valence-corrected chi connectivity index (χ1v) is 11.2. The van der Waals surface area contributed by atoms with Crippen LogP contribution in [0.25, 0.3) is 0 Å². The summed E-state index contributed by atoms with van der Waals surface area (Å²) < 4.78 is 25.5. The van der Waals surface area contributed by atoms with Crippen LogP contribution in [0.1, 0.15) is 43.5 Å². The lowest BCUT2D eigenvalue weighted by atomic mass is 9.75. The number of nitrogens with zero attached hydrogens (tertiary/aromatic N) is 1. The molecule has 2 aromatic rings. The lowest BCUT2D eigenvalue weighted by Gasteiger charge is -2.29. The molecule has 1 aliphatic heterocycles. The fourth-order valence-corrected chi connectivity index (χ4v) is 5.94. The molecular formula is C23H25NO3S. The third kappa shape index (κ3) is 3.28. The number of likely N-dealkylation sites (tertiary alicyclic amines) is 1. The molecule has 1 saturated carbocycles. The van der Waals surface area contributed by atoms with Crippen LogP contribution in [-0.2, 0) is 9.84 Å². The summed E-state index contributed by atoms with van der Waals surface area (Å²) in [5, 5.41) is 0. The summed E-state index contributed by atoms with van der Waals surface area (Å²) in [4.78, 5) is 15.6. The first-order valence-electron chi connectivity index (χ1n) is 9.68. The average Bonchev–Trinajstić information content (AvgIpc) is 2.96. The molecule has 2 aromatic carbocycles. The molecule has 1 amide bonds. The predicted molar refractivity (Wildman–Crippen MR) is 109 cm³/mol. The van der Waals surface area contributed by atoms with Crippen molar-refractivity contribution in [2.24, 2.45) is 5.41 Å². The summed E-state index contributed by atoms with van der Waals surface area (Å²) in [6.07, 6.45) is 5.22.